The zero-order chi connectivity index (χ0) is 16.0. The van der Waals surface area contributed by atoms with Crippen LogP contribution < -0.4 is 4.74 Å². The number of carbonyl (C=O) groups excluding carboxylic acids is 2. The first-order valence-corrected chi connectivity index (χ1v) is 7.49. The Kier molecular flexibility index (Phi) is 6.77. The number of halogens is 2. The lowest BCUT2D eigenvalue weighted by atomic mass is 10.1. The van der Waals surface area contributed by atoms with Gasteiger partial charge in [0.2, 0.25) is 0 Å². The molecule has 1 aromatic carbocycles. The van der Waals surface area contributed by atoms with Gasteiger partial charge in [-0.2, -0.15) is 0 Å². The Morgan fingerprint density at radius 3 is 2.52 bits per heavy atom. The van der Waals surface area contributed by atoms with Crippen molar-refractivity contribution in [3.05, 3.63) is 38.8 Å². The summed E-state index contributed by atoms with van der Waals surface area (Å²) in [6.07, 6.45) is 1.14. The molecular formula is C14H12Br2O5. The summed E-state index contributed by atoms with van der Waals surface area (Å²) in [5, 5.41) is 8.65. The van der Waals surface area contributed by atoms with Crippen molar-refractivity contribution < 1.29 is 24.2 Å². The molecule has 0 heterocycles. The molecule has 0 saturated heterocycles. The van der Waals surface area contributed by atoms with Crippen molar-refractivity contribution >= 4 is 50.1 Å². The molecule has 0 aliphatic carbocycles. The highest BCUT2D eigenvalue weighted by molar-refractivity contribution is 9.11. The number of esters is 1. The van der Waals surface area contributed by atoms with Gasteiger partial charge in [0.25, 0.3) is 0 Å². The molecule has 21 heavy (non-hydrogen) atoms. The number of carboxylic acids is 1. The van der Waals surface area contributed by atoms with Crippen LogP contribution in [0.15, 0.2) is 33.2 Å². The van der Waals surface area contributed by atoms with Crippen molar-refractivity contribution in [3.8, 4) is 5.75 Å². The van der Waals surface area contributed by atoms with Gasteiger partial charge in [-0.05, 0) is 40.9 Å². The van der Waals surface area contributed by atoms with E-state index >= 15 is 0 Å². The normalized spacial score (nSPS) is 10.0. The minimum absolute atomic E-state index is 0.0348. The lowest BCUT2D eigenvalue weighted by Crippen LogP contribution is -2.10. The molecule has 0 aliphatic rings. The van der Waals surface area contributed by atoms with Crippen molar-refractivity contribution in [1.82, 2.24) is 0 Å². The summed E-state index contributed by atoms with van der Waals surface area (Å²) in [4.78, 5) is 33.3. The number of ether oxygens (including phenoxy) is 1. The first kappa shape index (κ1) is 17.6. The van der Waals surface area contributed by atoms with E-state index in [1.54, 1.807) is 6.07 Å². The Balaban J connectivity index is 2.65. The molecule has 0 aromatic heterocycles. The van der Waals surface area contributed by atoms with E-state index in [0.717, 1.165) is 0 Å². The van der Waals surface area contributed by atoms with Gasteiger partial charge in [0.1, 0.15) is 0 Å². The molecule has 0 unspecified atom stereocenters. The number of hydrogen-bond acceptors (Lipinski definition) is 4. The van der Waals surface area contributed by atoms with Gasteiger partial charge < -0.3 is 9.84 Å². The Labute approximate surface area is 138 Å². The van der Waals surface area contributed by atoms with Crippen molar-refractivity contribution in [2.75, 3.05) is 0 Å². The fourth-order valence-electron chi connectivity index (χ4n) is 1.49. The van der Waals surface area contributed by atoms with E-state index in [1.165, 1.54) is 6.07 Å². The number of aldehydes is 1. The maximum Gasteiger partial charge on any atom is 0.330 e. The maximum absolute atomic E-state index is 11.7. The average molecular weight is 420 g/mol. The Morgan fingerprint density at radius 1 is 1.29 bits per heavy atom. The quantitative estimate of drug-likeness (QED) is 0.315. The zero-order valence-corrected chi connectivity index (χ0v) is 14.1. The van der Waals surface area contributed by atoms with E-state index in [1.807, 2.05) is 0 Å². The molecule has 1 rings (SSSR count). The molecule has 0 fully saturated rings. The highest BCUT2D eigenvalue weighted by atomic mass is 79.9. The molecule has 1 aromatic rings. The van der Waals surface area contributed by atoms with E-state index in [2.05, 4.69) is 38.4 Å². The second-order valence-corrected chi connectivity index (χ2v) is 5.93. The van der Waals surface area contributed by atoms with Gasteiger partial charge in [-0.15, -0.1) is 0 Å². The number of carbonyl (C=O) groups is 3. The SMILES string of the molecule is C=C(CCCC(=O)Oc1c(Br)cc(Br)cc1C=O)C(=O)O. The maximum atomic E-state index is 11.7. The Morgan fingerprint density at radius 2 is 1.95 bits per heavy atom. The van der Waals surface area contributed by atoms with Gasteiger partial charge in [0, 0.05) is 16.5 Å². The summed E-state index contributed by atoms with van der Waals surface area (Å²) >= 11 is 6.45. The van der Waals surface area contributed by atoms with Gasteiger partial charge in [-0.25, -0.2) is 4.79 Å². The number of rotatable bonds is 7. The second kappa shape index (κ2) is 8.09. The van der Waals surface area contributed by atoms with Gasteiger partial charge in [0.05, 0.1) is 10.0 Å². The average Bonchev–Trinajstić information content (AvgIpc) is 2.41. The highest BCUT2D eigenvalue weighted by Crippen LogP contribution is 2.32. The van der Waals surface area contributed by atoms with Crippen LogP contribution in [0.25, 0.3) is 0 Å². The van der Waals surface area contributed by atoms with Crippen LogP contribution in [0, 0.1) is 0 Å². The Bertz CT molecular complexity index is 595. The molecule has 112 valence electrons. The smallest absolute Gasteiger partial charge is 0.330 e. The van der Waals surface area contributed by atoms with Crippen molar-refractivity contribution in [1.29, 1.82) is 0 Å². The highest BCUT2D eigenvalue weighted by Gasteiger charge is 2.14. The predicted molar refractivity (Wildman–Crippen MR) is 83.5 cm³/mol. The van der Waals surface area contributed by atoms with E-state index < -0.39 is 11.9 Å². The van der Waals surface area contributed by atoms with Crippen LogP contribution >= 0.6 is 31.9 Å². The minimum Gasteiger partial charge on any atom is -0.478 e. The molecule has 0 bridgehead atoms. The van der Waals surface area contributed by atoms with E-state index in [9.17, 15) is 14.4 Å². The first-order valence-electron chi connectivity index (χ1n) is 5.91. The fourth-order valence-corrected chi connectivity index (χ4v) is 2.83. The number of benzene rings is 1. The van der Waals surface area contributed by atoms with Crippen LogP contribution in [0.4, 0.5) is 0 Å². The Hall–Kier alpha value is -1.47. The largest absolute Gasteiger partial charge is 0.478 e. The van der Waals surface area contributed by atoms with Crippen molar-refractivity contribution in [2.45, 2.75) is 19.3 Å². The van der Waals surface area contributed by atoms with Crippen LogP contribution in [0.1, 0.15) is 29.6 Å². The van der Waals surface area contributed by atoms with Gasteiger partial charge >= 0.3 is 11.9 Å². The number of carboxylic acid groups (broad SMARTS) is 1. The molecule has 0 saturated carbocycles. The summed E-state index contributed by atoms with van der Waals surface area (Å²) in [6, 6.07) is 3.19. The lowest BCUT2D eigenvalue weighted by Gasteiger charge is -2.09. The van der Waals surface area contributed by atoms with Crippen molar-refractivity contribution in [3.63, 3.8) is 0 Å². The van der Waals surface area contributed by atoms with Crippen LogP contribution in [-0.2, 0) is 9.59 Å². The topological polar surface area (TPSA) is 80.7 Å². The third-order valence-electron chi connectivity index (χ3n) is 2.54. The van der Waals surface area contributed by atoms with E-state index in [0.29, 0.717) is 21.7 Å². The van der Waals surface area contributed by atoms with E-state index in [-0.39, 0.29) is 29.7 Å². The molecule has 7 heteroatoms. The number of aliphatic carboxylic acids is 1. The van der Waals surface area contributed by atoms with Gasteiger partial charge in [0.15, 0.2) is 12.0 Å². The molecule has 0 radical (unpaired) electrons. The fraction of sp³-hybridized carbons (Fsp3) is 0.214. The van der Waals surface area contributed by atoms with Crippen LogP contribution in [0.2, 0.25) is 0 Å². The molecule has 0 spiro atoms. The summed E-state index contributed by atoms with van der Waals surface area (Å²) < 4.78 is 6.30. The summed E-state index contributed by atoms with van der Waals surface area (Å²) in [5.41, 5.74) is 0.278. The van der Waals surface area contributed by atoms with Gasteiger partial charge in [-0.1, -0.05) is 22.5 Å². The van der Waals surface area contributed by atoms with E-state index in [4.69, 9.17) is 9.84 Å². The molecule has 0 aliphatic heterocycles. The molecule has 0 amide bonds. The molecule has 1 N–H and O–H groups in total. The summed E-state index contributed by atoms with van der Waals surface area (Å²) in [6.45, 7) is 3.38. The monoisotopic (exact) mass is 418 g/mol. The van der Waals surface area contributed by atoms with Gasteiger partial charge in [-0.3, -0.25) is 9.59 Å². The van der Waals surface area contributed by atoms with Crippen LogP contribution in [0.3, 0.4) is 0 Å². The van der Waals surface area contributed by atoms with Crippen molar-refractivity contribution in [2.24, 2.45) is 0 Å². The van der Waals surface area contributed by atoms with Crippen LogP contribution in [-0.4, -0.2) is 23.3 Å². The standard InChI is InChI=1S/C14H12Br2O5/c1-8(14(19)20)3-2-4-12(18)21-13-9(7-17)5-10(15)6-11(13)16/h5-7H,1-4H2,(H,19,20). The zero-order valence-electron chi connectivity index (χ0n) is 10.9. The molecule has 0 atom stereocenters. The molecular weight excluding hydrogens is 408 g/mol. The first-order chi connectivity index (χ1) is 9.85. The molecule has 5 nitrogen and oxygen atoms in total. The van der Waals surface area contributed by atoms with Crippen LogP contribution in [0.5, 0.6) is 5.75 Å². The third kappa shape index (κ3) is 5.43. The lowest BCUT2D eigenvalue weighted by molar-refractivity contribution is -0.135. The summed E-state index contributed by atoms with van der Waals surface area (Å²) in [7, 11) is 0. The third-order valence-corrected chi connectivity index (χ3v) is 3.59. The predicted octanol–water partition coefficient (Wildman–Crippen LogP) is 3.74. The minimum atomic E-state index is -1.08. The summed E-state index contributed by atoms with van der Waals surface area (Å²) in [5.74, 6) is -1.48. The second-order valence-electron chi connectivity index (χ2n) is 4.16. The number of hydrogen-bond donors (Lipinski definition) is 1.